The zero-order valence-corrected chi connectivity index (χ0v) is 14.2. The third-order valence-corrected chi connectivity index (χ3v) is 7.04. The molecule has 2 unspecified atom stereocenters. The molecule has 1 aromatic carbocycles. The van der Waals surface area contributed by atoms with Gasteiger partial charge in [0.05, 0.1) is 11.2 Å². The summed E-state index contributed by atoms with van der Waals surface area (Å²) in [6, 6.07) is 10.6. The van der Waals surface area contributed by atoms with Crippen molar-refractivity contribution >= 4 is 16.9 Å². The number of ether oxygens (including phenoxy) is 2. The van der Waals surface area contributed by atoms with Gasteiger partial charge >= 0.3 is 5.97 Å². The van der Waals surface area contributed by atoms with Crippen LogP contribution in [0.1, 0.15) is 31.9 Å². The summed E-state index contributed by atoms with van der Waals surface area (Å²) in [7, 11) is 0. The molecule has 5 atom stereocenters. The van der Waals surface area contributed by atoms with Crippen LogP contribution in [0.2, 0.25) is 0 Å². The number of H-pyrrole nitrogens is 1. The van der Waals surface area contributed by atoms with Crippen LogP contribution in [0.5, 0.6) is 0 Å². The first-order valence-corrected chi connectivity index (χ1v) is 9.31. The fraction of sp³-hybridized carbons (Fsp3) is 0.476. The Morgan fingerprint density at radius 2 is 2.16 bits per heavy atom. The monoisotopic (exact) mass is 335 g/mol. The number of carbonyl (C=O) groups is 1. The lowest BCUT2D eigenvalue weighted by Crippen LogP contribution is -2.49. The average Bonchev–Trinajstić information content (AvgIpc) is 3.26. The van der Waals surface area contributed by atoms with Crippen LogP contribution in [0.3, 0.4) is 0 Å². The lowest BCUT2D eigenvalue weighted by atomic mass is 9.80. The topological polar surface area (TPSA) is 51.3 Å². The predicted molar refractivity (Wildman–Crippen MR) is 93.0 cm³/mol. The number of hydrogen-bond acceptors (Lipinski definition) is 3. The molecule has 0 amide bonds. The number of carbonyl (C=O) groups excluding carboxylic acids is 1. The Kier molecular flexibility index (Phi) is 2.47. The Morgan fingerprint density at radius 3 is 3.04 bits per heavy atom. The molecule has 25 heavy (non-hydrogen) atoms. The van der Waals surface area contributed by atoms with E-state index < -0.39 is 5.60 Å². The van der Waals surface area contributed by atoms with Gasteiger partial charge in [-0.25, -0.2) is 4.79 Å². The van der Waals surface area contributed by atoms with Gasteiger partial charge in [-0.05, 0) is 42.7 Å². The van der Waals surface area contributed by atoms with Crippen LogP contribution in [-0.4, -0.2) is 28.3 Å². The number of hydrogen-bond donors (Lipinski definition) is 1. The summed E-state index contributed by atoms with van der Waals surface area (Å²) < 4.78 is 12.5. The molecular weight excluding hydrogens is 314 g/mol. The molecule has 4 heterocycles. The Balaban J connectivity index is 1.44. The summed E-state index contributed by atoms with van der Waals surface area (Å²) in [6.07, 6.45) is 5.97. The molecular formula is C21H21NO3. The van der Waals surface area contributed by atoms with Crippen molar-refractivity contribution in [3.8, 4) is 0 Å². The van der Waals surface area contributed by atoms with E-state index in [1.807, 2.05) is 0 Å². The van der Waals surface area contributed by atoms with E-state index in [-0.39, 0.29) is 23.6 Å². The molecule has 1 N–H and O–H groups in total. The SMILES string of the molecule is C[C@@H]1C=C2C(=O)O[C@@H]3CCC4CC1(Cc1cc5ccccc5[nH]1)O[C@]243. The Labute approximate surface area is 146 Å². The van der Waals surface area contributed by atoms with Gasteiger partial charge < -0.3 is 14.5 Å². The lowest BCUT2D eigenvalue weighted by molar-refractivity contribution is -0.149. The van der Waals surface area contributed by atoms with E-state index >= 15 is 0 Å². The Hall–Kier alpha value is -2.07. The van der Waals surface area contributed by atoms with Crippen molar-refractivity contribution in [3.63, 3.8) is 0 Å². The number of esters is 1. The van der Waals surface area contributed by atoms with Crippen LogP contribution in [0.15, 0.2) is 42.0 Å². The molecule has 2 aromatic rings. The molecule has 1 spiro atoms. The molecule has 0 radical (unpaired) electrons. The molecule has 128 valence electrons. The maximum absolute atomic E-state index is 12.3. The van der Waals surface area contributed by atoms with Gasteiger partial charge in [0, 0.05) is 23.5 Å². The van der Waals surface area contributed by atoms with Gasteiger partial charge in [0.15, 0.2) is 0 Å². The highest BCUT2D eigenvalue weighted by Crippen LogP contribution is 2.64. The largest absolute Gasteiger partial charge is 0.455 e. The number of para-hydroxylation sites is 1. The molecule has 4 aliphatic rings. The van der Waals surface area contributed by atoms with Crippen molar-refractivity contribution < 1.29 is 14.3 Å². The summed E-state index contributed by atoms with van der Waals surface area (Å²) in [5.74, 6) is 0.462. The van der Waals surface area contributed by atoms with Crippen molar-refractivity contribution in [2.24, 2.45) is 11.8 Å². The molecule has 3 aliphatic heterocycles. The molecule has 4 nitrogen and oxygen atoms in total. The third kappa shape index (κ3) is 1.59. The van der Waals surface area contributed by atoms with Crippen LogP contribution in [0.4, 0.5) is 0 Å². The van der Waals surface area contributed by atoms with Crippen LogP contribution >= 0.6 is 0 Å². The molecule has 4 heteroatoms. The number of benzene rings is 1. The smallest absolute Gasteiger partial charge is 0.337 e. The van der Waals surface area contributed by atoms with Crippen LogP contribution in [-0.2, 0) is 20.7 Å². The summed E-state index contributed by atoms with van der Waals surface area (Å²) in [5.41, 5.74) is 2.49. The predicted octanol–water partition coefficient (Wildman–Crippen LogP) is 3.52. The highest BCUT2D eigenvalue weighted by molar-refractivity contribution is 5.95. The quantitative estimate of drug-likeness (QED) is 0.854. The van der Waals surface area contributed by atoms with Gasteiger partial charge in [0.2, 0.25) is 0 Å². The summed E-state index contributed by atoms with van der Waals surface area (Å²) in [4.78, 5) is 15.9. The lowest BCUT2D eigenvalue weighted by Gasteiger charge is -2.41. The van der Waals surface area contributed by atoms with Crippen molar-refractivity contribution in [2.75, 3.05) is 0 Å². The van der Waals surface area contributed by atoms with Gasteiger partial charge in [-0.3, -0.25) is 0 Å². The summed E-state index contributed by atoms with van der Waals surface area (Å²) >= 11 is 0. The molecule has 1 saturated carbocycles. The number of nitrogens with one attached hydrogen (secondary N) is 1. The zero-order chi connectivity index (χ0) is 16.8. The van der Waals surface area contributed by atoms with E-state index in [9.17, 15) is 4.79 Å². The highest BCUT2D eigenvalue weighted by atomic mass is 16.6. The van der Waals surface area contributed by atoms with Gasteiger partial charge in [0.1, 0.15) is 11.7 Å². The van der Waals surface area contributed by atoms with E-state index in [1.165, 1.54) is 16.6 Å². The van der Waals surface area contributed by atoms with Crippen LogP contribution in [0.25, 0.3) is 10.9 Å². The molecule has 1 aromatic heterocycles. The Morgan fingerprint density at radius 1 is 1.28 bits per heavy atom. The standard InChI is InChI=1S/C21H21NO3/c1-12-8-16-19(23)24-18-7-6-14-10-20(12,25-21(14,16)18)11-15-9-13-4-2-3-5-17(13)22-15/h2-5,8-9,12,14,18,22H,6-7,10-11H2,1H3/t12-,14?,18-,20?,21+/m1/s1. The van der Waals surface area contributed by atoms with Crippen molar-refractivity contribution in [1.29, 1.82) is 0 Å². The van der Waals surface area contributed by atoms with Crippen molar-refractivity contribution in [1.82, 2.24) is 4.98 Å². The maximum Gasteiger partial charge on any atom is 0.337 e. The van der Waals surface area contributed by atoms with Gasteiger partial charge in [-0.15, -0.1) is 0 Å². The first-order valence-electron chi connectivity index (χ1n) is 9.31. The fourth-order valence-electron chi connectivity index (χ4n) is 5.89. The van der Waals surface area contributed by atoms with Gasteiger partial charge in [0.25, 0.3) is 0 Å². The van der Waals surface area contributed by atoms with E-state index in [0.717, 1.165) is 31.3 Å². The van der Waals surface area contributed by atoms with Crippen molar-refractivity contribution in [3.05, 3.63) is 47.7 Å². The van der Waals surface area contributed by atoms with Crippen LogP contribution in [0, 0.1) is 11.8 Å². The first-order chi connectivity index (χ1) is 12.1. The average molecular weight is 335 g/mol. The second-order valence-corrected chi connectivity index (χ2v) is 8.26. The Bertz CT molecular complexity index is 911. The number of aromatic nitrogens is 1. The van der Waals surface area contributed by atoms with Crippen LogP contribution < -0.4 is 0 Å². The third-order valence-electron chi connectivity index (χ3n) is 7.04. The van der Waals surface area contributed by atoms with Gasteiger partial charge in [-0.2, -0.15) is 0 Å². The molecule has 2 saturated heterocycles. The number of aromatic amines is 1. The molecule has 2 bridgehead atoms. The minimum Gasteiger partial charge on any atom is -0.455 e. The second-order valence-electron chi connectivity index (χ2n) is 8.26. The minimum absolute atomic E-state index is 0.0756. The number of rotatable bonds is 2. The molecule has 3 fully saturated rings. The van der Waals surface area contributed by atoms with E-state index in [1.54, 1.807) is 0 Å². The molecule has 1 aliphatic carbocycles. The minimum atomic E-state index is -0.463. The fourth-order valence-corrected chi connectivity index (χ4v) is 5.89. The highest BCUT2D eigenvalue weighted by Gasteiger charge is 2.72. The van der Waals surface area contributed by atoms with E-state index in [4.69, 9.17) is 9.47 Å². The number of fused-ring (bicyclic) bond motifs is 2. The molecule has 6 rings (SSSR count). The van der Waals surface area contributed by atoms with E-state index in [2.05, 4.69) is 48.3 Å². The van der Waals surface area contributed by atoms with E-state index in [0.29, 0.717) is 5.92 Å². The normalized spacial score (nSPS) is 41.1. The second kappa shape index (κ2) is 4.36. The summed E-state index contributed by atoms with van der Waals surface area (Å²) in [5, 5.41) is 1.24. The zero-order valence-electron chi connectivity index (χ0n) is 14.2. The van der Waals surface area contributed by atoms with Gasteiger partial charge in [-0.1, -0.05) is 31.2 Å². The summed E-state index contributed by atoms with van der Waals surface area (Å²) in [6.45, 7) is 2.18. The maximum atomic E-state index is 12.3. The van der Waals surface area contributed by atoms with Crippen molar-refractivity contribution in [2.45, 2.75) is 49.9 Å². The first kappa shape index (κ1) is 14.1.